The van der Waals surface area contributed by atoms with Crippen LogP contribution in [0.2, 0.25) is 5.02 Å². The van der Waals surface area contributed by atoms with E-state index in [2.05, 4.69) is 15.2 Å². The number of benzene rings is 2. The number of hydrogen-bond acceptors (Lipinski definition) is 5. The minimum Gasteiger partial charge on any atom is -0.394 e. The van der Waals surface area contributed by atoms with Crippen LogP contribution in [-0.4, -0.2) is 70.3 Å². The van der Waals surface area contributed by atoms with Crippen LogP contribution in [0.3, 0.4) is 0 Å². The fourth-order valence-electron chi connectivity index (χ4n) is 5.61. The molecule has 204 valence electrons. The number of piperazine rings is 1. The highest BCUT2D eigenvalue weighted by Gasteiger charge is 2.36. The van der Waals surface area contributed by atoms with Crippen molar-refractivity contribution in [3.63, 3.8) is 0 Å². The molecule has 7 nitrogen and oxygen atoms in total. The number of rotatable bonds is 5. The summed E-state index contributed by atoms with van der Waals surface area (Å²) in [5.41, 5.74) is 1.56. The first-order valence-electron chi connectivity index (χ1n) is 12.9. The first-order chi connectivity index (χ1) is 18.2. The van der Waals surface area contributed by atoms with E-state index in [0.29, 0.717) is 30.7 Å². The highest BCUT2D eigenvalue weighted by atomic mass is 35.5. The quantitative estimate of drug-likeness (QED) is 0.491. The lowest BCUT2D eigenvalue weighted by Crippen LogP contribution is -2.60. The van der Waals surface area contributed by atoms with Crippen molar-refractivity contribution in [3.05, 3.63) is 58.9 Å². The summed E-state index contributed by atoms with van der Waals surface area (Å²) in [6.45, 7) is 3.91. The third-order valence-electron chi connectivity index (χ3n) is 7.70. The van der Waals surface area contributed by atoms with Crippen LogP contribution in [0.25, 0.3) is 11.0 Å². The number of carbonyl (C=O) groups excluding carboxylic acids is 1. The first-order valence-corrected chi connectivity index (χ1v) is 13.3. The van der Waals surface area contributed by atoms with Crippen molar-refractivity contribution in [1.82, 2.24) is 19.8 Å². The van der Waals surface area contributed by atoms with Gasteiger partial charge in [0.25, 0.3) is 0 Å². The number of nitrogens with zero attached hydrogens (tertiary/aromatic N) is 4. The minimum absolute atomic E-state index is 0.0291. The van der Waals surface area contributed by atoms with Crippen LogP contribution >= 0.6 is 11.6 Å². The molecule has 2 unspecified atom stereocenters. The Morgan fingerprint density at radius 1 is 1.21 bits per heavy atom. The lowest BCUT2D eigenvalue weighted by molar-refractivity contribution is -0.139. The third-order valence-corrected chi connectivity index (χ3v) is 7.93. The molecular formula is C27H31ClF3N5O2. The summed E-state index contributed by atoms with van der Waals surface area (Å²) in [5, 5.41) is 13.4. The number of alkyl halides is 3. The van der Waals surface area contributed by atoms with E-state index in [0.717, 1.165) is 37.6 Å². The molecule has 38 heavy (non-hydrogen) atoms. The van der Waals surface area contributed by atoms with E-state index in [9.17, 15) is 23.1 Å². The minimum atomic E-state index is -4.54. The van der Waals surface area contributed by atoms with Crippen LogP contribution in [0.1, 0.15) is 43.4 Å². The van der Waals surface area contributed by atoms with E-state index in [-0.39, 0.29) is 35.2 Å². The molecule has 0 aliphatic carbocycles. The van der Waals surface area contributed by atoms with Gasteiger partial charge in [-0.25, -0.2) is 4.98 Å². The summed E-state index contributed by atoms with van der Waals surface area (Å²) in [4.78, 5) is 21.4. The van der Waals surface area contributed by atoms with Crippen molar-refractivity contribution in [2.75, 3.05) is 37.7 Å². The Balaban J connectivity index is 1.40. The fraction of sp³-hybridized carbons (Fsp3) is 0.481. The Morgan fingerprint density at radius 3 is 2.74 bits per heavy atom. The average molecular weight is 550 g/mol. The van der Waals surface area contributed by atoms with E-state index >= 15 is 0 Å². The van der Waals surface area contributed by atoms with Crippen LogP contribution in [-0.2, 0) is 11.0 Å². The maximum atomic E-state index is 13.8. The molecule has 2 aliphatic rings. The van der Waals surface area contributed by atoms with E-state index in [1.54, 1.807) is 22.7 Å². The molecule has 2 N–H and O–H groups in total. The molecule has 2 fully saturated rings. The van der Waals surface area contributed by atoms with Crippen molar-refractivity contribution < 1.29 is 23.1 Å². The highest BCUT2D eigenvalue weighted by molar-refractivity contribution is 6.30. The number of piperidine rings is 1. The molecule has 2 aromatic carbocycles. The molecular weight excluding hydrogens is 519 g/mol. The van der Waals surface area contributed by atoms with Crippen molar-refractivity contribution in [2.45, 2.75) is 50.5 Å². The predicted molar refractivity (Wildman–Crippen MR) is 140 cm³/mol. The Morgan fingerprint density at radius 2 is 2.03 bits per heavy atom. The number of nitrogens with one attached hydrogen (secondary N) is 1. The van der Waals surface area contributed by atoms with Gasteiger partial charge in [0.1, 0.15) is 0 Å². The third kappa shape index (κ3) is 5.21. The van der Waals surface area contributed by atoms with Gasteiger partial charge in [0, 0.05) is 30.3 Å². The molecule has 1 amide bonds. The number of anilines is 1. The number of aliphatic hydroxyl groups is 1. The van der Waals surface area contributed by atoms with Gasteiger partial charge in [-0.3, -0.25) is 4.79 Å². The standard InChI is InChI=1S/C27H31ClF3N5O2/c1-17(21-7-5-18(28)12-22(21)27(29,30)31)36-16-33-23-8-6-19(13-25(23)36)34-10-11-35(20(14-34)15-37)26(38)24-4-2-3-9-32-24/h5-8,12-13,16-17,20,24,32,37H,2-4,9-11,14-15H2,1H3/t17?,20-,24?/m0/s1. The van der Waals surface area contributed by atoms with Gasteiger partial charge in [-0.2, -0.15) is 13.2 Å². The molecule has 3 aromatic rings. The van der Waals surface area contributed by atoms with E-state index in [1.165, 1.54) is 12.1 Å². The summed E-state index contributed by atoms with van der Waals surface area (Å²) < 4.78 is 43.1. The number of imidazole rings is 1. The molecule has 3 heterocycles. The van der Waals surface area contributed by atoms with Gasteiger partial charge in [-0.1, -0.05) is 24.1 Å². The molecule has 0 saturated carbocycles. The molecule has 0 radical (unpaired) electrons. The highest BCUT2D eigenvalue weighted by Crippen LogP contribution is 2.38. The zero-order valence-electron chi connectivity index (χ0n) is 21.1. The van der Waals surface area contributed by atoms with E-state index in [4.69, 9.17) is 11.6 Å². The number of hydrogen-bond donors (Lipinski definition) is 2. The number of aliphatic hydroxyl groups excluding tert-OH is 1. The SMILES string of the molecule is CC(c1ccc(Cl)cc1C(F)(F)F)n1cnc2ccc(N3CCN(C(=O)C4CCCCN4)[C@H](CO)C3)cc21. The second-order valence-corrected chi connectivity index (χ2v) is 10.5. The monoisotopic (exact) mass is 549 g/mol. The summed E-state index contributed by atoms with van der Waals surface area (Å²) in [7, 11) is 0. The maximum Gasteiger partial charge on any atom is 0.416 e. The Kier molecular flexibility index (Phi) is 7.57. The van der Waals surface area contributed by atoms with Gasteiger partial charge in [0.2, 0.25) is 5.91 Å². The maximum absolute atomic E-state index is 13.8. The summed E-state index contributed by atoms with van der Waals surface area (Å²) in [5.74, 6) is 0.0363. The van der Waals surface area contributed by atoms with Gasteiger partial charge in [-0.15, -0.1) is 0 Å². The van der Waals surface area contributed by atoms with Crippen molar-refractivity contribution in [1.29, 1.82) is 0 Å². The number of amides is 1. The average Bonchev–Trinajstić information content (AvgIpc) is 3.35. The molecule has 2 saturated heterocycles. The molecule has 0 bridgehead atoms. The van der Waals surface area contributed by atoms with Crippen LogP contribution in [0.15, 0.2) is 42.7 Å². The molecule has 5 rings (SSSR count). The zero-order valence-corrected chi connectivity index (χ0v) is 21.8. The topological polar surface area (TPSA) is 73.6 Å². The van der Waals surface area contributed by atoms with Crippen LogP contribution < -0.4 is 10.2 Å². The predicted octanol–water partition coefficient (Wildman–Crippen LogP) is 4.47. The molecule has 0 spiro atoms. The van der Waals surface area contributed by atoms with Crippen LogP contribution in [0.4, 0.5) is 18.9 Å². The lowest BCUT2D eigenvalue weighted by Gasteiger charge is -2.43. The van der Waals surface area contributed by atoms with Gasteiger partial charge in [0.15, 0.2) is 0 Å². The van der Waals surface area contributed by atoms with Gasteiger partial charge in [-0.05, 0) is 62.2 Å². The summed E-state index contributed by atoms with van der Waals surface area (Å²) in [6.07, 6.45) is -0.106. The Hall–Kier alpha value is -2.82. The number of halogens is 4. The Bertz CT molecular complexity index is 1310. The second kappa shape index (κ2) is 10.7. The van der Waals surface area contributed by atoms with Crippen molar-refractivity contribution >= 4 is 34.2 Å². The van der Waals surface area contributed by atoms with Crippen LogP contribution in [0, 0.1) is 0 Å². The number of aromatic nitrogens is 2. The molecule has 2 aliphatic heterocycles. The summed E-state index contributed by atoms with van der Waals surface area (Å²) >= 11 is 5.88. The van der Waals surface area contributed by atoms with Crippen molar-refractivity contribution in [2.24, 2.45) is 0 Å². The van der Waals surface area contributed by atoms with Crippen LogP contribution in [0.5, 0.6) is 0 Å². The van der Waals surface area contributed by atoms with Gasteiger partial charge >= 0.3 is 6.18 Å². The molecule has 11 heteroatoms. The largest absolute Gasteiger partial charge is 0.416 e. The smallest absolute Gasteiger partial charge is 0.394 e. The van der Waals surface area contributed by atoms with Crippen molar-refractivity contribution in [3.8, 4) is 0 Å². The van der Waals surface area contributed by atoms with E-state index < -0.39 is 17.8 Å². The summed E-state index contributed by atoms with van der Waals surface area (Å²) in [6, 6.07) is 8.31. The lowest BCUT2D eigenvalue weighted by atomic mass is 10.0. The second-order valence-electron chi connectivity index (χ2n) is 10.0. The van der Waals surface area contributed by atoms with Gasteiger partial charge < -0.3 is 24.8 Å². The molecule has 3 atom stereocenters. The first kappa shape index (κ1) is 26.8. The number of carbonyl (C=O) groups is 1. The zero-order chi connectivity index (χ0) is 27.0. The fourth-order valence-corrected chi connectivity index (χ4v) is 5.78. The molecule has 1 aromatic heterocycles. The Labute approximate surface area is 224 Å². The normalized spacial score (nSPS) is 21.6. The number of fused-ring (bicyclic) bond motifs is 1. The van der Waals surface area contributed by atoms with E-state index in [1.807, 2.05) is 18.2 Å². The van der Waals surface area contributed by atoms with Gasteiger partial charge in [0.05, 0.1) is 47.7 Å².